The highest BCUT2D eigenvalue weighted by molar-refractivity contribution is 8.02. The molecule has 5 heteroatoms. The monoisotopic (exact) mass is 173 g/mol. The third kappa shape index (κ3) is 2.27. The largest absolute Gasteiger partial charge is 0.480 e. The molecule has 0 bridgehead atoms. The van der Waals surface area contributed by atoms with E-state index < -0.39 is 5.97 Å². The Labute approximate surface area is 67.9 Å². The highest BCUT2D eigenvalue weighted by Gasteiger charge is 2.16. The fourth-order valence-electron chi connectivity index (χ4n) is 0.689. The average Bonchev–Trinajstić information content (AvgIpc) is 1.93. The maximum Gasteiger partial charge on any atom is 0.323 e. The van der Waals surface area contributed by atoms with Crippen LogP contribution in [0.3, 0.4) is 0 Å². The molecular formula is C6H7NO3S. The van der Waals surface area contributed by atoms with E-state index in [0.29, 0.717) is 5.75 Å². The zero-order valence-electron chi connectivity index (χ0n) is 5.69. The maximum atomic E-state index is 10.9. The number of thioether (sulfide) groups is 1. The van der Waals surface area contributed by atoms with Gasteiger partial charge in [0, 0.05) is 6.20 Å². The zero-order chi connectivity index (χ0) is 8.27. The Balaban J connectivity index is 2.55. The Bertz CT molecular complexity index is 214. The van der Waals surface area contributed by atoms with Crippen molar-refractivity contribution in [3.63, 3.8) is 0 Å². The number of carbonyl (C=O) groups is 2. The Morgan fingerprint density at radius 1 is 1.82 bits per heavy atom. The summed E-state index contributed by atoms with van der Waals surface area (Å²) in [5, 5.41) is 10.1. The van der Waals surface area contributed by atoms with Gasteiger partial charge < -0.3 is 10.0 Å². The normalized spacial score (nSPS) is 17.1. The third-order valence-corrected chi connectivity index (χ3v) is 1.90. The lowest BCUT2D eigenvalue weighted by Crippen LogP contribution is -2.33. The van der Waals surface area contributed by atoms with Gasteiger partial charge in [0.05, 0.1) is 5.75 Å². The van der Waals surface area contributed by atoms with Gasteiger partial charge in [0.2, 0.25) is 5.91 Å². The van der Waals surface area contributed by atoms with Crippen LogP contribution in [0.2, 0.25) is 0 Å². The molecule has 0 fully saturated rings. The van der Waals surface area contributed by atoms with Gasteiger partial charge in [0.1, 0.15) is 6.54 Å². The molecule has 1 heterocycles. The SMILES string of the molecule is O=C(O)CN1C=CSCC1=O. The van der Waals surface area contributed by atoms with Crippen LogP contribution in [0, 0.1) is 0 Å². The molecule has 0 saturated heterocycles. The number of hydrogen-bond donors (Lipinski definition) is 1. The van der Waals surface area contributed by atoms with Crippen LogP contribution in [-0.2, 0) is 9.59 Å². The number of rotatable bonds is 2. The van der Waals surface area contributed by atoms with Crippen LogP contribution in [-0.4, -0.2) is 34.2 Å². The summed E-state index contributed by atoms with van der Waals surface area (Å²) >= 11 is 1.37. The van der Waals surface area contributed by atoms with E-state index in [2.05, 4.69) is 0 Å². The van der Waals surface area contributed by atoms with Crippen LogP contribution >= 0.6 is 11.8 Å². The van der Waals surface area contributed by atoms with E-state index in [1.165, 1.54) is 22.9 Å². The first-order chi connectivity index (χ1) is 5.20. The standard InChI is InChI=1S/C6H7NO3S/c8-5-4-11-2-1-7(5)3-6(9)10/h1-2H,3-4H2,(H,9,10). The molecule has 0 aliphatic carbocycles. The van der Waals surface area contributed by atoms with E-state index in [4.69, 9.17) is 5.11 Å². The first-order valence-corrected chi connectivity index (χ1v) is 4.04. The lowest BCUT2D eigenvalue weighted by molar-refractivity contribution is -0.141. The predicted octanol–water partition coefficient (Wildman–Crippen LogP) is 0.118. The van der Waals surface area contributed by atoms with Crippen LogP contribution in [0.5, 0.6) is 0 Å². The van der Waals surface area contributed by atoms with Crippen LogP contribution in [0.1, 0.15) is 0 Å². The van der Waals surface area contributed by atoms with E-state index in [1.807, 2.05) is 0 Å². The summed E-state index contributed by atoms with van der Waals surface area (Å²) in [6.07, 6.45) is 1.49. The molecule has 0 aromatic heterocycles. The van der Waals surface area contributed by atoms with Gasteiger partial charge in [-0.2, -0.15) is 0 Å². The second-order valence-electron chi connectivity index (χ2n) is 2.01. The van der Waals surface area contributed by atoms with Gasteiger partial charge in [0.25, 0.3) is 0 Å². The fraction of sp³-hybridized carbons (Fsp3) is 0.333. The first kappa shape index (κ1) is 8.13. The molecule has 0 spiro atoms. The summed E-state index contributed by atoms with van der Waals surface area (Å²) in [7, 11) is 0. The van der Waals surface area contributed by atoms with Crippen molar-refractivity contribution in [2.45, 2.75) is 0 Å². The van der Waals surface area contributed by atoms with Crippen LogP contribution in [0.4, 0.5) is 0 Å². The highest BCUT2D eigenvalue weighted by Crippen LogP contribution is 2.11. The molecule has 1 amide bonds. The van der Waals surface area contributed by atoms with Gasteiger partial charge >= 0.3 is 5.97 Å². The fourth-order valence-corrected chi connectivity index (χ4v) is 1.33. The van der Waals surface area contributed by atoms with Crippen molar-refractivity contribution in [2.24, 2.45) is 0 Å². The highest BCUT2D eigenvalue weighted by atomic mass is 32.2. The van der Waals surface area contributed by atoms with Gasteiger partial charge in [0.15, 0.2) is 0 Å². The molecule has 4 nitrogen and oxygen atoms in total. The molecular weight excluding hydrogens is 166 g/mol. The Kier molecular flexibility index (Phi) is 2.53. The van der Waals surface area contributed by atoms with E-state index in [0.717, 1.165) is 0 Å². The van der Waals surface area contributed by atoms with Gasteiger partial charge in [-0.05, 0) is 5.41 Å². The van der Waals surface area contributed by atoms with Crippen LogP contribution < -0.4 is 0 Å². The minimum atomic E-state index is -0.991. The lowest BCUT2D eigenvalue weighted by atomic mass is 10.5. The van der Waals surface area contributed by atoms with E-state index in [1.54, 1.807) is 5.41 Å². The molecule has 1 aliphatic heterocycles. The van der Waals surface area contributed by atoms with Gasteiger partial charge in [-0.3, -0.25) is 9.59 Å². The first-order valence-electron chi connectivity index (χ1n) is 2.99. The number of nitrogens with zero attached hydrogens (tertiary/aromatic N) is 1. The molecule has 0 unspecified atom stereocenters. The summed E-state index contributed by atoms with van der Waals surface area (Å²) in [5.74, 6) is -0.807. The summed E-state index contributed by atoms with van der Waals surface area (Å²) < 4.78 is 0. The number of carboxylic acids is 1. The number of hydrogen-bond acceptors (Lipinski definition) is 3. The minimum absolute atomic E-state index is 0.153. The van der Waals surface area contributed by atoms with Crippen molar-refractivity contribution >= 4 is 23.6 Å². The van der Waals surface area contributed by atoms with Crippen LogP contribution in [0.15, 0.2) is 11.6 Å². The molecule has 1 N–H and O–H groups in total. The Morgan fingerprint density at radius 2 is 2.55 bits per heavy atom. The molecule has 0 aromatic rings. The van der Waals surface area contributed by atoms with E-state index in [-0.39, 0.29) is 12.5 Å². The number of carbonyl (C=O) groups excluding carboxylic acids is 1. The topological polar surface area (TPSA) is 57.6 Å². The average molecular weight is 173 g/mol. The quantitative estimate of drug-likeness (QED) is 0.644. The molecule has 1 aliphatic rings. The molecule has 60 valence electrons. The minimum Gasteiger partial charge on any atom is -0.480 e. The van der Waals surface area contributed by atoms with Gasteiger partial charge in [-0.15, -0.1) is 11.8 Å². The Hall–Kier alpha value is -0.970. The van der Waals surface area contributed by atoms with Crippen molar-refractivity contribution in [3.8, 4) is 0 Å². The second-order valence-corrected chi connectivity index (χ2v) is 2.91. The van der Waals surface area contributed by atoms with Crippen molar-refractivity contribution in [1.82, 2.24) is 4.90 Å². The molecule has 0 saturated carbocycles. The molecule has 0 aromatic carbocycles. The Morgan fingerprint density at radius 3 is 3.09 bits per heavy atom. The van der Waals surface area contributed by atoms with Crippen molar-refractivity contribution < 1.29 is 14.7 Å². The van der Waals surface area contributed by atoms with Crippen molar-refractivity contribution in [2.75, 3.05) is 12.3 Å². The molecule has 1 rings (SSSR count). The van der Waals surface area contributed by atoms with E-state index in [9.17, 15) is 9.59 Å². The maximum absolute atomic E-state index is 10.9. The second kappa shape index (κ2) is 3.43. The number of amides is 1. The molecule has 11 heavy (non-hydrogen) atoms. The molecule has 0 atom stereocenters. The van der Waals surface area contributed by atoms with Gasteiger partial charge in [-0.1, -0.05) is 0 Å². The predicted molar refractivity (Wildman–Crippen MR) is 40.9 cm³/mol. The van der Waals surface area contributed by atoms with Crippen LogP contribution in [0.25, 0.3) is 0 Å². The summed E-state index contributed by atoms with van der Waals surface area (Å²) in [6.45, 7) is -0.240. The zero-order valence-corrected chi connectivity index (χ0v) is 6.50. The third-order valence-electron chi connectivity index (χ3n) is 1.17. The van der Waals surface area contributed by atoms with Crippen molar-refractivity contribution in [1.29, 1.82) is 0 Å². The summed E-state index contributed by atoms with van der Waals surface area (Å²) in [4.78, 5) is 22.3. The summed E-state index contributed by atoms with van der Waals surface area (Å²) in [5.41, 5.74) is 0. The smallest absolute Gasteiger partial charge is 0.323 e. The summed E-state index contributed by atoms with van der Waals surface area (Å²) in [6, 6.07) is 0. The van der Waals surface area contributed by atoms with E-state index >= 15 is 0 Å². The lowest BCUT2D eigenvalue weighted by Gasteiger charge is -2.18. The van der Waals surface area contributed by atoms with Gasteiger partial charge in [-0.25, -0.2) is 0 Å². The molecule has 0 radical (unpaired) electrons. The van der Waals surface area contributed by atoms with Crippen molar-refractivity contribution in [3.05, 3.63) is 11.6 Å². The number of aliphatic carboxylic acids is 1. The number of carboxylic acid groups (broad SMARTS) is 1.